The van der Waals surface area contributed by atoms with Gasteiger partial charge in [0.05, 0.1) is 12.0 Å². The molecular formula is C26H24N4O2. The molecule has 0 fully saturated rings. The minimum Gasteiger partial charge on any atom is -0.502 e. The Balaban J connectivity index is 1.72. The Hall–Kier alpha value is -4.26. The molecule has 1 atom stereocenters. The van der Waals surface area contributed by atoms with E-state index in [4.69, 9.17) is 5.73 Å². The molecule has 1 heterocycles. The quantitative estimate of drug-likeness (QED) is 0.202. The number of nitrogen functional groups attached to an aromatic ring is 1. The molecule has 1 unspecified atom stereocenters. The number of para-hydroxylation sites is 1. The van der Waals surface area contributed by atoms with Crippen LogP contribution in [0.3, 0.4) is 0 Å². The lowest BCUT2D eigenvalue weighted by atomic mass is 9.94. The molecule has 0 saturated heterocycles. The van der Waals surface area contributed by atoms with E-state index in [1.807, 2.05) is 42.5 Å². The van der Waals surface area contributed by atoms with Gasteiger partial charge in [-0.05, 0) is 48.1 Å². The van der Waals surface area contributed by atoms with E-state index >= 15 is 0 Å². The molecule has 5 N–H and O–H groups in total. The summed E-state index contributed by atoms with van der Waals surface area (Å²) < 4.78 is 0. The largest absolute Gasteiger partial charge is 0.502 e. The van der Waals surface area contributed by atoms with Crippen molar-refractivity contribution in [1.82, 2.24) is 15.3 Å². The van der Waals surface area contributed by atoms with Crippen LogP contribution >= 0.6 is 0 Å². The fourth-order valence-electron chi connectivity index (χ4n) is 3.15. The second-order valence-electron chi connectivity index (χ2n) is 7.10. The third-order valence-electron chi connectivity index (χ3n) is 4.79. The zero-order valence-electron chi connectivity index (χ0n) is 17.6. The van der Waals surface area contributed by atoms with Gasteiger partial charge in [0.15, 0.2) is 0 Å². The monoisotopic (exact) mass is 424 g/mol. The molecule has 2 aromatic carbocycles. The van der Waals surface area contributed by atoms with Gasteiger partial charge in [-0.1, -0.05) is 42.2 Å². The Kier molecular flexibility index (Phi) is 7.86. The minimum atomic E-state index is -0.548. The van der Waals surface area contributed by atoms with Crippen LogP contribution in [0.25, 0.3) is 0 Å². The predicted octanol–water partition coefficient (Wildman–Crippen LogP) is 2.56. The van der Waals surface area contributed by atoms with Crippen LogP contribution < -0.4 is 16.6 Å². The molecule has 0 aliphatic carbocycles. The number of aromatic hydroxyl groups is 1. The number of benzene rings is 2. The molecule has 6 nitrogen and oxygen atoms in total. The highest BCUT2D eigenvalue weighted by Gasteiger charge is 2.19. The molecule has 0 amide bonds. The van der Waals surface area contributed by atoms with Gasteiger partial charge in [0.25, 0.3) is 5.56 Å². The third kappa shape index (κ3) is 6.12. The maximum atomic E-state index is 11.8. The van der Waals surface area contributed by atoms with Crippen LogP contribution in [0.5, 0.6) is 5.75 Å². The smallest absolute Gasteiger partial charge is 0.293 e. The summed E-state index contributed by atoms with van der Waals surface area (Å²) in [6.07, 6.45) is 3.65. The van der Waals surface area contributed by atoms with Gasteiger partial charge < -0.3 is 21.1 Å². The highest BCUT2D eigenvalue weighted by Crippen LogP contribution is 2.23. The highest BCUT2D eigenvalue weighted by molar-refractivity contribution is 5.57. The Bertz CT molecular complexity index is 1250. The van der Waals surface area contributed by atoms with Crippen LogP contribution in [0.2, 0.25) is 0 Å². The Labute approximate surface area is 187 Å². The van der Waals surface area contributed by atoms with E-state index in [9.17, 15) is 9.90 Å². The lowest BCUT2D eigenvalue weighted by Crippen LogP contribution is -2.25. The van der Waals surface area contributed by atoms with Crippen LogP contribution in [-0.4, -0.2) is 28.2 Å². The normalized spacial score (nSPS) is 10.9. The third-order valence-corrected chi connectivity index (χ3v) is 4.79. The summed E-state index contributed by atoms with van der Waals surface area (Å²) in [4.78, 5) is 18.4. The van der Waals surface area contributed by atoms with Crippen molar-refractivity contribution in [2.75, 3.05) is 18.8 Å². The number of nitrogens with two attached hydrogens (primary N) is 1. The first-order chi connectivity index (χ1) is 15.6. The molecule has 0 radical (unpaired) electrons. The molecule has 3 aromatic rings. The number of anilines is 1. The van der Waals surface area contributed by atoms with E-state index in [1.165, 1.54) is 6.33 Å². The first-order valence-corrected chi connectivity index (χ1v) is 10.1. The Morgan fingerprint density at radius 1 is 1.16 bits per heavy atom. The van der Waals surface area contributed by atoms with E-state index in [1.54, 1.807) is 12.1 Å². The summed E-state index contributed by atoms with van der Waals surface area (Å²) in [5.41, 5.74) is 8.94. The summed E-state index contributed by atoms with van der Waals surface area (Å²) in [6.45, 7) is 4.85. The predicted molar refractivity (Wildman–Crippen MR) is 127 cm³/mol. The topological polar surface area (TPSA) is 104 Å². The zero-order valence-corrected chi connectivity index (χ0v) is 17.6. The minimum absolute atomic E-state index is 0.184. The van der Waals surface area contributed by atoms with Crippen LogP contribution in [0, 0.1) is 23.7 Å². The number of aromatic nitrogens is 2. The molecule has 0 spiro atoms. The van der Waals surface area contributed by atoms with E-state index in [-0.39, 0.29) is 11.7 Å². The summed E-state index contributed by atoms with van der Waals surface area (Å²) in [5.74, 6) is 11.1. The summed E-state index contributed by atoms with van der Waals surface area (Å²) in [5, 5.41) is 13.4. The molecule has 0 aliphatic heterocycles. The van der Waals surface area contributed by atoms with Crippen LogP contribution in [0.1, 0.15) is 28.3 Å². The van der Waals surface area contributed by atoms with Gasteiger partial charge in [-0.3, -0.25) is 4.79 Å². The number of aromatic amines is 1. The number of hydrogen-bond acceptors (Lipinski definition) is 5. The highest BCUT2D eigenvalue weighted by atomic mass is 16.3. The van der Waals surface area contributed by atoms with Crippen molar-refractivity contribution in [2.24, 2.45) is 0 Å². The molecule has 3 rings (SSSR count). The maximum absolute atomic E-state index is 11.8. The SMILES string of the molecule is C=CCNCC(Cc1ccc(C#CC#Cc2ccccc2N)cc1)c1nc[nH]c(=O)c1O. The van der Waals surface area contributed by atoms with Crippen molar-refractivity contribution in [3.8, 4) is 29.4 Å². The fourth-order valence-corrected chi connectivity index (χ4v) is 3.15. The molecular weight excluding hydrogens is 400 g/mol. The molecule has 32 heavy (non-hydrogen) atoms. The summed E-state index contributed by atoms with van der Waals surface area (Å²) in [6, 6.07) is 15.2. The standard InChI is InChI=1S/C26H24N4O2/c1-2-15-28-17-22(24-25(31)26(32)30-18-29-24)16-20-13-11-19(12-14-20)7-3-4-8-21-9-5-6-10-23(21)27/h2,5-6,9-14,18,22,28,31H,1,15-17,27H2,(H,29,30,32). The van der Waals surface area contributed by atoms with Crippen molar-refractivity contribution in [3.05, 3.63) is 100 Å². The van der Waals surface area contributed by atoms with Crippen LogP contribution in [0.15, 0.2) is 72.3 Å². The van der Waals surface area contributed by atoms with Crippen molar-refractivity contribution in [3.63, 3.8) is 0 Å². The van der Waals surface area contributed by atoms with Gasteiger partial charge >= 0.3 is 0 Å². The average molecular weight is 425 g/mol. The molecule has 0 bridgehead atoms. The van der Waals surface area contributed by atoms with Crippen LogP contribution in [0.4, 0.5) is 5.69 Å². The molecule has 1 aromatic heterocycles. The first-order valence-electron chi connectivity index (χ1n) is 10.1. The van der Waals surface area contributed by atoms with Gasteiger partial charge in [0.1, 0.15) is 0 Å². The molecule has 0 aliphatic rings. The zero-order chi connectivity index (χ0) is 22.8. The second kappa shape index (κ2) is 11.2. The number of H-pyrrole nitrogens is 1. The average Bonchev–Trinajstić information content (AvgIpc) is 2.80. The summed E-state index contributed by atoms with van der Waals surface area (Å²) >= 11 is 0. The Morgan fingerprint density at radius 3 is 2.66 bits per heavy atom. The van der Waals surface area contributed by atoms with Crippen molar-refractivity contribution in [2.45, 2.75) is 12.3 Å². The van der Waals surface area contributed by atoms with Gasteiger partial charge in [-0.15, -0.1) is 6.58 Å². The van der Waals surface area contributed by atoms with Gasteiger partial charge in [0, 0.05) is 35.8 Å². The van der Waals surface area contributed by atoms with E-state index in [2.05, 4.69) is 45.5 Å². The number of nitrogens with zero attached hydrogens (tertiary/aromatic N) is 1. The van der Waals surface area contributed by atoms with E-state index in [0.29, 0.717) is 30.9 Å². The maximum Gasteiger partial charge on any atom is 0.293 e. The van der Waals surface area contributed by atoms with Gasteiger partial charge in [0.2, 0.25) is 5.75 Å². The van der Waals surface area contributed by atoms with E-state index in [0.717, 1.165) is 16.7 Å². The molecule has 6 heteroatoms. The lowest BCUT2D eigenvalue weighted by molar-refractivity contribution is 0.441. The first kappa shape index (κ1) is 22.4. The number of rotatable bonds is 7. The van der Waals surface area contributed by atoms with Gasteiger partial charge in [-0.25, -0.2) is 4.98 Å². The lowest BCUT2D eigenvalue weighted by Gasteiger charge is -2.17. The second-order valence-corrected chi connectivity index (χ2v) is 7.10. The van der Waals surface area contributed by atoms with Crippen molar-refractivity contribution >= 4 is 5.69 Å². The Morgan fingerprint density at radius 2 is 1.91 bits per heavy atom. The number of hydrogen-bond donors (Lipinski definition) is 4. The molecule has 160 valence electrons. The van der Waals surface area contributed by atoms with Crippen LogP contribution in [-0.2, 0) is 6.42 Å². The molecule has 0 saturated carbocycles. The van der Waals surface area contributed by atoms with Crippen molar-refractivity contribution in [1.29, 1.82) is 0 Å². The summed E-state index contributed by atoms with van der Waals surface area (Å²) in [7, 11) is 0. The van der Waals surface area contributed by atoms with Gasteiger partial charge in [-0.2, -0.15) is 0 Å². The van der Waals surface area contributed by atoms with Crippen molar-refractivity contribution < 1.29 is 5.11 Å². The number of nitrogens with one attached hydrogen (secondary N) is 2. The fraction of sp³-hybridized carbons (Fsp3) is 0.154. The van der Waals surface area contributed by atoms with E-state index < -0.39 is 5.56 Å².